The van der Waals surface area contributed by atoms with Crippen molar-refractivity contribution in [3.8, 4) is 0 Å². The third kappa shape index (κ3) is 4.01. The van der Waals surface area contributed by atoms with Crippen LogP contribution in [0.1, 0.15) is 24.8 Å². The van der Waals surface area contributed by atoms with Crippen molar-refractivity contribution in [1.82, 2.24) is 14.2 Å². The number of aromatic nitrogens is 1. The normalized spacial score (nSPS) is 20.2. The van der Waals surface area contributed by atoms with Gasteiger partial charge in [0, 0.05) is 32.5 Å². The van der Waals surface area contributed by atoms with Crippen LogP contribution in [0, 0.1) is 0 Å². The molecule has 2 rings (SSSR count). The van der Waals surface area contributed by atoms with E-state index in [2.05, 4.69) is 4.98 Å². The quantitative estimate of drug-likeness (QED) is 0.827. The van der Waals surface area contributed by atoms with Gasteiger partial charge in [-0.05, 0) is 30.5 Å². The van der Waals surface area contributed by atoms with Crippen LogP contribution >= 0.6 is 0 Å². The molecule has 0 radical (unpaired) electrons. The highest BCUT2D eigenvalue weighted by atomic mass is 32.2. The first kappa shape index (κ1) is 15.9. The molecule has 0 spiro atoms. The summed E-state index contributed by atoms with van der Waals surface area (Å²) in [6.07, 6.45) is 6.80. The lowest BCUT2D eigenvalue weighted by Gasteiger charge is -2.35. The number of piperidine rings is 1. The molecule has 6 nitrogen and oxygen atoms in total. The van der Waals surface area contributed by atoms with Gasteiger partial charge in [-0.3, -0.25) is 9.78 Å². The van der Waals surface area contributed by atoms with Gasteiger partial charge in [-0.15, -0.1) is 0 Å². The zero-order valence-corrected chi connectivity index (χ0v) is 13.2. The van der Waals surface area contributed by atoms with E-state index in [0.717, 1.165) is 18.4 Å². The van der Waals surface area contributed by atoms with Crippen LogP contribution in [0.15, 0.2) is 24.5 Å². The predicted molar refractivity (Wildman–Crippen MR) is 79.9 cm³/mol. The van der Waals surface area contributed by atoms with E-state index in [4.69, 9.17) is 0 Å². The minimum Gasteiger partial charge on any atom is -0.340 e. The van der Waals surface area contributed by atoms with Gasteiger partial charge in [-0.1, -0.05) is 6.42 Å². The van der Waals surface area contributed by atoms with E-state index in [1.165, 1.54) is 10.6 Å². The van der Waals surface area contributed by atoms with Crippen LogP contribution in [-0.4, -0.2) is 54.4 Å². The maximum absolute atomic E-state index is 12.6. The van der Waals surface area contributed by atoms with E-state index in [0.29, 0.717) is 19.5 Å². The van der Waals surface area contributed by atoms with Gasteiger partial charge in [-0.25, -0.2) is 8.42 Å². The van der Waals surface area contributed by atoms with Gasteiger partial charge in [0.25, 0.3) is 0 Å². The number of nitrogens with zero attached hydrogens (tertiary/aromatic N) is 3. The fraction of sp³-hybridized carbons (Fsp3) is 0.571. The van der Waals surface area contributed by atoms with E-state index < -0.39 is 16.1 Å². The second-order valence-electron chi connectivity index (χ2n) is 5.44. The van der Waals surface area contributed by atoms with Gasteiger partial charge < -0.3 is 4.90 Å². The molecular formula is C14H21N3O3S. The van der Waals surface area contributed by atoms with Crippen molar-refractivity contribution >= 4 is 15.9 Å². The summed E-state index contributed by atoms with van der Waals surface area (Å²) < 4.78 is 25.0. The van der Waals surface area contributed by atoms with Crippen molar-refractivity contribution < 1.29 is 13.2 Å². The number of hydrogen-bond acceptors (Lipinski definition) is 4. The molecule has 0 N–H and O–H groups in total. The lowest BCUT2D eigenvalue weighted by molar-refractivity contribution is -0.135. The van der Waals surface area contributed by atoms with Gasteiger partial charge in [0.05, 0.1) is 6.26 Å². The van der Waals surface area contributed by atoms with Crippen LogP contribution < -0.4 is 0 Å². The van der Waals surface area contributed by atoms with E-state index in [-0.39, 0.29) is 5.91 Å². The Bertz CT molecular complexity index is 589. The minimum absolute atomic E-state index is 0.142. The Balaban J connectivity index is 2.10. The molecule has 0 saturated carbocycles. The van der Waals surface area contributed by atoms with E-state index in [9.17, 15) is 13.2 Å². The molecular weight excluding hydrogens is 290 g/mol. The standard InChI is InChI=1S/C14H21N3O3S/c1-16(11-12-6-8-15-9-7-12)14(18)13-5-3-4-10-17(13)21(2,19)20/h6-9,13H,3-5,10-11H2,1-2H3/t13-/m0/s1. The molecule has 0 aliphatic carbocycles. The van der Waals surface area contributed by atoms with Crippen molar-refractivity contribution in [1.29, 1.82) is 0 Å². The van der Waals surface area contributed by atoms with Crippen LogP contribution in [0.4, 0.5) is 0 Å². The van der Waals surface area contributed by atoms with E-state index in [1.54, 1.807) is 24.3 Å². The van der Waals surface area contributed by atoms with Gasteiger partial charge in [0.1, 0.15) is 6.04 Å². The number of pyridine rings is 1. The highest BCUT2D eigenvalue weighted by molar-refractivity contribution is 7.88. The molecule has 0 bridgehead atoms. The Hall–Kier alpha value is -1.47. The van der Waals surface area contributed by atoms with Crippen LogP contribution in [0.25, 0.3) is 0 Å². The number of carbonyl (C=O) groups excluding carboxylic acids is 1. The van der Waals surface area contributed by atoms with E-state index >= 15 is 0 Å². The molecule has 1 aromatic rings. The van der Waals surface area contributed by atoms with Crippen molar-refractivity contribution in [2.75, 3.05) is 19.8 Å². The van der Waals surface area contributed by atoms with E-state index in [1.807, 2.05) is 12.1 Å². The van der Waals surface area contributed by atoms with Gasteiger partial charge in [-0.2, -0.15) is 4.31 Å². The van der Waals surface area contributed by atoms with Gasteiger partial charge in [0.15, 0.2) is 0 Å². The fourth-order valence-electron chi connectivity index (χ4n) is 2.64. The summed E-state index contributed by atoms with van der Waals surface area (Å²) in [7, 11) is -1.64. The molecule has 1 aliphatic rings. The number of carbonyl (C=O) groups is 1. The molecule has 1 fully saturated rings. The zero-order valence-electron chi connectivity index (χ0n) is 12.4. The Morgan fingerprint density at radius 3 is 2.67 bits per heavy atom. The highest BCUT2D eigenvalue weighted by Gasteiger charge is 2.35. The number of hydrogen-bond donors (Lipinski definition) is 0. The number of sulfonamides is 1. The molecule has 1 aliphatic heterocycles. The summed E-state index contributed by atoms with van der Waals surface area (Å²) in [4.78, 5) is 18.1. The SMILES string of the molecule is CN(Cc1ccncc1)C(=O)[C@@H]1CCCCN1S(C)(=O)=O. The summed E-state index contributed by atoms with van der Waals surface area (Å²) in [5.41, 5.74) is 0.975. The van der Waals surface area contributed by atoms with Crippen LogP contribution in [-0.2, 0) is 21.4 Å². The van der Waals surface area contributed by atoms with Crippen molar-refractivity contribution in [2.45, 2.75) is 31.8 Å². The molecule has 7 heteroatoms. The molecule has 21 heavy (non-hydrogen) atoms. The molecule has 0 aromatic carbocycles. The number of likely N-dealkylation sites (N-methyl/N-ethyl adjacent to an activating group) is 1. The smallest absolute Gasteiger partial charge is 0.241 e. The second kappa shape index (κ2) is 6.53. The highest BCUT2D eigenvalue weighted by Crippen LogP contribution is 2.21. The third-order valence-electron chi connectivity index (χ3n) is 3.71. The lowest BCUT2D eigenvalue weighted by atomic mass is 10.0. The Labute approximate surface area is 125 Å². The minimum atomic E-state index is -3.35. The maximum atomic E-state index is 12.6. The average molecular weight is 311 g/mol. The van der Waals surface area contributed by atoms with Gasteiger partial charge in [0.2, 0.25) is 15.9 Å². The molecule has 1 amide bonds. The molecule has 1 saturated heterocycles. The Morgan fingerprint density at radius 1 is 1.38 bits per heavy atom. The molecule has 116 valence electrons. The van der Waals surface area contributed by atoms with Crippen LogP contribution in [0.3, 0.4) is 0 Å². The number of amides is 1. The van der Waals surface area contributed by atoms with Crippen LogP contribution in [0.5, 0.6) is 0 Å². The number of rotatable bonds is 4. The molecule has 2 heterocycles. The zero-order chi connectivity index (χ0) is 15.5. The molecule has 1 atom stereocenters. The summed E-state index contributed by atoms with van der Waals surface area (Å²) in [5, 5.41) is 0. The summed E-state index contributed by atoms with van der Waals surface area (Å²) in [6, 6.07) is 3.12. The average Bonchev–Trinajstić information content (AvgIpc) is 2.46. The molecule has 1 aromatic heterocycles. The first-order valence-electron chi connectivity index (χ1n) is 7.00. The fourth-order valence-corrected chi connectivity index (χ4v) is 3.76. The monoisotopic (exact) mass is 311 g/mol. The summed E-state index contributed by atoms with van der Waals surface area (Å²) >= 11 is 0. The summed E-state index contributed by atoms with van der Waals surface area (Å²) in [5.74, 6) is -0.142. The Morgan fingerprint density at radius 2 is 2.05 bits per heavy atom. The first-order valence-corrected chi connectivity index (χ1v) is 8.85. The molecule has 0 unspecified atom stereocenters. The first-order chi connectivity index (χ1) is 9.89. The van der Waals surface area contributed by atoms with Crippen LogP contribution in [0.2, 0.25) is 0 Å². The second-order valence-corrected chi connectivity index (χ2v) is 7.37. The largest absolute Gasteiger partial charge is 0.340 e. The third-order valence-corrected chi connectivity index (χ3v) is 5.00. The Kier molecular flexibility index (Phi) is 4.95. The van der Waals surface area contributed by atoms with Gasteiger partial charge >= 0.3 is 0 Å². The van der Waals surface area contributed by atoms with Crippen molar-refractivity contribution in [3.63, 3.8) is 0 Å². The van der Waals surface area contributed by atoms with Crippen molar-refractivity contribution in [2.24, 2.45) is 0 Å². The van der Waals surface area contributed by atoms with Crippen molar-refractivity contribution in [3.05, 3.63) is 30.1 Å². The lowest BCUT2D eigenvalue weighted by Crippen LogP contribution is -2.51. The maximum Gasteiger partial charge on any atom is 0.241 e. The summed E-state index contributed by atoms with van der Waals surface area (Å²) in [6.45, 7) is 0.883. The topological polar surface area (TPSA) is 70.6 Å². The predicted octanol–water partition coefficient (Wildman–Crippen LogP) is 0.854.